The van der Waals surface area contributed by atoms with Crippen molar-refractivity contribution in [2.75, 3.05) is 4.90 Å². The van der Waals surface area contributed by atoms with E-state index in [0.717, 1.165) is 0 Å². The maximum absolute atomic E-state index is 2.44. The number of rotatable bonds is 0. The van der Waals surface area contributed by atoms with E-state index >= 15 is 0 Å². The van der Waals surface area contributed by atoms with Crippen LogP contribution in [0.15, 0.2) is 91.0 Å². The molecule has 2 aliphatic rings. The fourth-order valence-corrected chi connectivity index (χ4v) is 4.39. The van der Waals surface area contributed by atoms with Gasteiger partial charge < -0.3 is 4.90 Å². The third kappa shape index (κ3) is 2.00. The first-order valence-electron chi connectivity index (χ1n) is 9.31. The zero-order valence-corrected chi connectivity index (χ0v) is 14.8. The van der Waals surface area contributed by atoms with E-state index in [-0.39, 0.29) is 0 Å². The molecular weight excluding hydrogens is 326 g/mol. The summed E-state index contributed by atoms with van der Waals surface area (Å²) in [5, 5.41) is 0. The lowest BCUT2D eigenvalue weighted by atomic mass is 9.93. The van der Waals surface area contributed by atoms with Crippen LogP contribution in [0.25, 0.3) is 34.4 Å². The Morgan fingerprint density at radius 1 is 0.407 bits per heavy atom. The molecule has 0 radical (unpaired) electrons. The zero-order chi connectivity index (χ0) is 17.8. The predicted octanol–water partition coefficient (Wildman–Crippen LogP) is 7.29. The van der Waals surface area contributed by atoms with Gasteiger partial charge in [0.25, 0.3) is 0 Å². The van der Waals surface area contributed by atoms with Crippen LogP contribution in [-0.4, -0.2) is 0 Å². The average molecular weight is 343 g/mol. The minimum Gasteiger partial charge on any atom is -0.308 e. The Bertz CT molecular complexity index is 1230. The van der Waals surface area contributed by atoms with Gasteiger partial charge in [-0.1, -0.05) is 91.0 Å². The summed E-state index contributed by atoms with van der Waals surface area (Å²) < 4.78 is 0. The van der Waals surface area contributed by atoms with Crippen molar-refractivity contribution in [1.29, 1.82) is 0 Å². The van der Waals surface area contributed by atoms with Crippen molar-refractivity contribution < 1.29 is 0 Å². The van der Waals surface area contributed by atoms with Crippen molar-refractivity contribution in [2.45, 2.75) is 0 Å². The second-order valence-electron chi connectivity index (χ2n) is 7.03. The van der Waals surface area contributed by atoms with Gasteiger partial charge in [-0.05, 0) is 34.4 Å². The van der Waals surface area contributed by atoms with Gasteiger partial charge in [-0.3, -0.25) is 0 Å². The monoisotopic (exact) mass is 343 g/mol. The number of para-hydroxylation sites is 3. The van der Waals surface area contributed by atoms with Gasteiger partial charge in [0.15, 0.2) is 0 Å². The summed E-state index contributed by atoms with van der Waals surface area (Å²) in [6, 6.07) is 32.8. The molecule has 0 fully saturated rings. The van der Waals surface area contributed by atoms with E-state index in [4.69, 9.17) is 0 Å². The lowest BCUT2D eigenvalue weighted by Gasteiger charge is -2.28. The highest BCUT2D eigenvalue weighted by atomic mass is 15.2. The average Bonchev–Trinajstić information content (AvgIpc) is 2.98. The molecule has 1 nitrogen and oxygen atoms in total. The lowest BCUT2D eigenvalue weighted by molar-refractivity contribution is 1.29. The van der Waals surface area contributed by atoms with Crippen LogP contribution in [0.4, 0.5) is 17.1 Å². The van der Waals surface area contributed by atoms with Gasteiger partial charge in [0, 0.05) is 11.1 Å². The molecule has 6 rings (SSSR count). The maximum atomic E-state index is 2.44. The van der Waals surface area contributed by atoms with Crippen molar-refractivity contribution in [1.82, 2.24) is 0 Å². The molecule has 4 aromatic rings. The third-order valence-corrected chi connectivity index (χ3v) is 5.56. The molecule has 2 aliphatic heterocycles. The lowest BCUT2D eigenvalue weighted by Crippen LogP contribution is -2.12. The second kappa shape index (κ2) is 5.46. The first-order valence-corrected chi connectivity index (χ1v) is 9.31. The quantitative estimate of drug-likeness (QED) is 0.280. The van der Waals surface area contributed by atoms with Gasteiger partial charge in [-0.2, -0.15) is 0 Å². The van der Waals surface area contributed by atoms with E-state index in [1.54, 1.807) is 0 Å². The third-order valence-electron chi connectivity index (χ3n) is 5.56. The van der Waals surface area contributed by atoms with E-state index in [1.165, 1.54) is 50.4 Å². The van der Waals surface area contributed by atoms with Crippen LogP contribution in [0.2, 0.25) is 0 Å². The van der Waals surface area contributed by atoms with Gasteiger partial charge in [-0.25, -0.2) is 0 Å². The van der Waals surface area contributed by atoms with Crippen LogP contribution >= 0.6 is 0 Å². The smallest absolute Gasteiger partial charge is 0.0613 e. The molecule has 0 unspecified atom stereocenters. The number of nitrogens with zero attached hydrogens (tertiary/aromatic N) is 1. The highest BCUT2D eigenvalue weighted by Crippen LogP contribution is 2.53. The first kappa shape index (κ1) is 14.6. The second-order valence-corrected chi connectivity index (χ2v) is 7.03. The Hall–Kier alpha value is -3.58. The maximum Gasteiger partial charge on any atom is 0.0613 e. The molecule has 0 amide bonds. The summed E-state index contributed by atoms with van der Waals surface area (Å²) in [6.45, 7) is 0. The van der Waals surface area contributed by atoms with Crippen molar-refractivity contribution >= 4 is 29.2 Å². The van der Waals surface area contributed by atoms with Crippen molar-refractivity contribution in [2.24, 2.45) is 0 Å². The summed E-state index contributed by atoms with van der Waals surface area (Å²) in [6.07, 6.45) is 4.47. The van der Waals surface area contributed by atoms with Crippen LogP contribution in [0.1, 0.15) is 11.1 Å². The van der Waals surface area contributed by atoms with E-state index < -0.39 is 0 Å². The molecule has 126 valence electrons. The Kier molecular flexibility index (Phi) is 2.95. The van der Waals surface area contributed by atoms with E-state index in [1.807, 2.05) is 0 Å². The molecule has 0 aromatic heterocycles. The molecule has 1 heteroatoms. The Balaban J connectivity index is 1.84. The van der Waals surface area contributed by atoms with Gasteiger partial charge in [0.1, 0.15) is 0 Å². The summed E-state index contributed by atoms with van der Waals surface area (Å²) in [7, 11) is 0. The Labute approximate surface area is 158 Å². The molecule has 0 spiro atoms. The summed E-state index contributed by atoms with van der Waals surface area (Å²) >= 11 is 0. The van der Waals surface area contributed by atoms with E-state index in [9.17, 15) is 0 Å². The molecule has 2 heterocycles. The normalized spacial score (nSPS) is 13.0. The van der Waals surface area contributed by atoms with Gasteiger partial charge in [0.05, 0.1) is 17.1 Å². The highest BCUT2D eigenvalue weighted by molar-refractivity contribution is 6.07. The van der Waals surface area contributed by atoms with E-state index in [2.05, 4.69) is 108 Å². The van der Waals surface area contributed by atoms with Crippen LogP contribution in [-0.2, 0) is 0 Å². The summed E-state index contributed by atoms with van der Waals surface area (Å²) in [5.74, 6) is 0. The van der Waals surface area contributed by atoms with Crippen LogP contribution in [0, 0.1) is 0 Å². The fourth-order valence-electron chi connectivity index (χ4n) is 4.39. The molecule has 0 aliphatic carbocycles. The SMILES string of the molecule is C1=Cc2cccc3c2N(c2ccccc21)c1ccccc1-c1ccccc1-3. The molecule has 0 atom stereocenters. The predicted molar refractivity (Wildman–Crippen MR) is 114 cm³/mol. The number of hydrogen-bond acceptors (Lipinski definition) is 1. The van der Waals surface area contributed by atoms with E-state index in [0.29, 0.717) is 0 Å². The van der Waals surface area contributed by atoms with Crippen molar-refractivity contribution in [3.05, 3.63) is 102 Å². The fraction of sp³-hybridized carbons (Fsp3) is 0. The Morgan fingerprint density at radius 3 is 1.81 bits per heavy atom. The summed E-state index contributed by atoms with van der Waals surface area (Å²) in [4.78, 5) is 2.44. The topological polar surface area (TPSA) is 3.24 Å². The molecule has 0 saturated heterocycles. The molecule has 0 N–H and O–H groups in total. The highest BCUT2D eigenvalue weighted by Gasteiger charge is 2.28. The number of anilines is 3. The molecular formula is C26H17N. The van der Waals surface area contributed by atoms with Crippen LogP contribution < -0.4 is 4.90 Å². The molecule has 27 heavy (non-hydrogen) atoms. The van der Waals surface area contributed by atoms with Crippen LogP contribution in [0.5, 0.6) is 0 Å². The Morgan fingerprint density at radius 2 is 0.963 bits per heavy atom. The van der Waals surface area contributed by atoms with Gasteiger partial charge in [-0.15, -0.1) is 0 Å². The summed E-state index contributed by atoms with van der Waals surface area (Å²) in [5.41, 5.74) is 11.3. The largest absolute Gasteiger partial charge is 0.308 e. The molecule has 0 saturated carbocycles. The van der Waals surface area contributed by atoms with Gasteiger partial charge >= 0.3 is 0 Å². The molecule has 0 bridgehead atoms. The minimum absolute atomic E-state index is 1.22. The van der Waals surface area contributed by atoms with Crippen molar-refractivity contribution in [3.63, 3.8) is 0 Å². The standard InChI is InChI=1S/C26H17N/c1-5-14-24-18(8-1)16-17-19-9-7-13-23-21-11-3-2-10-20(21)22-12-4-6-15-25(22)27(24)26(19)23/h1-17H. The van der Waals surface area contributed by atoms with Crippen molar-refractivity contribution in [3.8, 4) is 22.3 Å². The van der Waals surface area contributed by atoms with Crippen LogP contribution in [0.3, 0.4) is 0 Å². The number of benzene rings is 4. The number of fused-ring (bicyclic) bond motifs is 7. The zero-order valence-electron chi connectivity index (χ0n) is 14.8. The molecule has 4 aromatic carbocycles. The van der Waals surface area contributed by atoms with Gasteiger partial charge in [0.2, 0.25) is 0 Å². The number of hydrogen-bond donors (Lipinski definition) is 0. The minimum atomic E-state index is 1.22. The first-order chi connectivity index (χ1) is 13.4.